The molecule has 33 heavy (non-hydrogen) atoms. The van der Waals surface area contributed by atoms with E-state index in [1.807, 2.05) is 20.8 Å². The summed E-state index contributed by atoms with van der Waals surface area (Å²) in [6.45, 7) is 7.36. The molecule has 1 aromatic carbocycles. The van der Waals surface area contributed by atoms with Crippen molar-refractivity contribution in [2.45, 2.75) is 33.7 Å². The van der Waals surface area contributed by atoms with Crippen LogP contribution in [0.1, 0.15) is 38.1 Å². The van der Waals surface area contributed by atoms with E-state index in [0.717, 1.165) is 23.9 Å². The highest BCUT2D eigenvalue weighted by atomic mass is 32.1. The highest BCUT2D eigenvalue weighted by Gasteiger charge is 2.25. The number of aromatic nitrogens is 2. The van der Waals surface area contributed by atoms with Crippen LogP contribution in [0.15, 0.2) is 54.2 Å². The van der Waals surface area contributed by atoms with Crippen LogP contribution in [0.3, 0.4) is 0 Å². The molecule has 1 atom stereocenters. The van der Waals surface area contributed by atoms with E-state index in [9.17, 15) is 18.7 Å². The molecule has 0 spiro atoms. The zero-order chi connectivity index (χ0) is 24.8. The van der Waals surface area contributed by atoms with E-state index in [2.05, 4.69) is 19.4 Å². The van der Waals surface area contributed by atoms with Crippen molar-refractivity contribution in [2.75, 3.05) is 24.7 Å². The minimum atomic E-state index is -0.957. The second kappa shape index (κ2) is 11.0. The van der Waals surface area contributed by atoms with Crippen molar-refractivity contribution in [1.82, 2.24) is 13.6 Å². The van der Waals surface area contributed by atoms with Gasteiger partial charge in [0.1, 0.15) is 0 Å². The van der Waals surface area contributed by atoms with E-state index in [1.54, 1.807) is 32.3 Å². The van der Waals surface area contributed by atoms with Gasteiger partial charge in [0.25, 0.3) is 5.91 Å². The lowest BCUT2D eigenvalue weighted by Crippen LogP contribution is -2.32. The molecular formula is C23H29F2N5O2S. The smallest absolute Gasteiger partial charge is 0.257 e. The van der Waals surface area contributed by atoms with Crippen LogP contribution in [-0.4, -0.2) is 44.8 Å². The van der Waals surface area contributed by atoms with Crippen molar-refractivity contribution in [2.24, 2.45) is 5.41 Å². The molecule has 1 amide bonds. The van der Waals surface area contributed by atoms with Gasteiger partial charge in [-0.1, -0.05) is 39.0 Å². The third-order valence-corrected chi connectivity index (χ3v) is 5.20. The zero-order valence-electron chi connectivity index (χ0n) is 19.5. The Kier molecular flexibility index (Phi) is 8.69. The van der Waals surface area contributed by atoms with Gasteiger partial charge < -0.3 is 20.6 Å². The summed E-state index contributed by atoms with van der Waals surface area (Å²) in [5.74, 6) is -1.65. The number of carbonyl (C=O) groups excluding carboxylic acids is 1. The first-order chi connectivity index (χ1) is 15.5. The number of benzene rings is 1. The molecule has 0 aliphatic heterocycles. The molecule has 2 rings (SSSR count). The maximum Gasteiger partial charge on any atom is 0.257 e. The SMILES string of the molecule is C\C=C(F)/C(F)=C\C=C\C(Nc1nsnc1Nc1cccc(C(=O)N(C)C)c1O)C(C)(C)C. The van der Waals surface area contributed by atoms with E-state index in [1.165, 1.54) is 24.0 Å². The van der Waals surface area contributed by atoms with Crippen LogP contribution in [0.5, 0.6) is 5.75 Å². The monoisotopic (exact) mass is 477 g/mol. The van der Waals surface area contributed by atoms with Gasteiger partial charge in [-0.15, -0.1) is 0 Å². The number of halogens is 2. The molecule has 0 fully saturated rings. The van der Waals surface area contributed by atoms with Crippen LogP contribution in [0, 0.1) is 5.41 Å². The summed E-state index contributed by atoms with van der Waals surface area (Å²) in [7, 11) is 3.20. The Balaban J connectivity index is 2.29. The first-order valence-corrected chi connectivity index (χ1v) is 10.9. The number of para-hydroxylation sites is 1. The third-order valence-electron chi connectivity index (χ3n) is 4.67. The normalized spacial score (nSPS) is 13.8. The predicted molar refractivity (Wildman–Crippen MR) is 129 cm³/mol. The number of hydrogen-bond donors (Lipinski definition) is 3. The number of nitrogens with zero attached hydrogens (tertiary/aromatic N) is 3. The van der Waals surface area contributed by atoms with Gasteiger partial charge in [0, 0.05) is 14.1 Å². The van der Waals surface area contributed by atoms with Crippen LogP contribution >= 0.6 is 11.7 Å². The average Bonchev–Trinajstić information content (AvgIpc) is 3.19. The number of amides is 1. The van der Waals surface area contributed by atoms with Crippen LogP contribution < -0.4 is 10.6 Å². The van der Waals surface area contributed by atoms with Gasteiger partial charge in [-0.05, 0) is 36.6 Å². The number of allylic oxidation sites excluding steroid dienone is 5. The minimum Gasteiger partial charge on any atom is -0.505 e. The molecule has 1 heterocycles. The maximum absolute atomic E-state index is 13.7. The lowest BCUT2D eigenvalue weighted by Gasteiger charge is -2.29. The first kappa shape index (κ1) is 26.0. The van der Waals surface area contributed by atoms with E-state index in [0.29, 0.717) is 17.3 Å². The van der Waals surface area contributed by atoms with Crippen molar-refractivity contribution in [1.29, 1.82) is 0 Å². The third kappa shape index (κ3) is 6.85. The lowest BCUT2D eigenvalue weighted by atomic mass is 9.86. The summed E-state index contributed by atoms with van der Waals surface area (Å²) in [5.41, 5.74) is 0.148. The molecule has 0 bridgehead atoms. The number of anilines is 3. The lowest BCUT2D eigenvalue weighted by molar-refractivity contribution is 0.0824. The number of aromatic hydroxyl groups is 1. The molecule has 178 valence electrons. The van der Waals surface area contributed by atoms with Gasteiger partial charge in [0.2, 0.25) is 0 Å². The van der Waals surface area contributed by atoms with Crippen LogP contribution in [0.4, 0.5) is 26.1 Å². The number of hydrogen-bond acceptors (Lipinski definition) is 7. The van der Waals surface area contributed by atoms with Crippen molar-refractivity contribution < 1.29 is 18.7 Å². The highest BCUT2D eigenvalue weighted by molar-refractivity contribution is 6.99. The molecule has 0 radical (unpaired) electrons. The largest absolute Gasteiger partial charge is 0.505 e. The zero-order valence-corrected chi connectivity index (χ0v) is 20.3. The Bertz CT molecular complexity index is 1070. The number of carbonyl (C=O) groups is 1. The fraction of sp³-hybridized carbons (Fsp3) is 0.348. The Morgan fingerprint density at radius 3 is 2.45 bits per heavy atom. The standard InChI is InChI=1S/C23H29F2N5O2S/c1-7-15(24)16(25)11-9-13-18(23(2,3)4)27-21-20(28-33-29-21)26-17-12-8-10-14(19(17)31)22(32)30(5)6/h7-13,18,31H,1-6H3,(H,26,28)(H,27,29)/b13-9+,15-7+,16-11+. The second-order valence-electron chi connectivity index (χ2n) is 8.51. The molecule has 0 saturated heterocycles. The summed E-state index contributed by atoms with van der Waals surface area (Å²) in [6, 6.07) is 4.49. The molecule has 0 aliphatic rings. The Labute approximate surface area is 196 Å². The molecule has 1 aromatic heterocycles. The van der Waals surface area contributed by atoms with Crippen LogP contribution in [0.25, 0.3) is 0 Å². The fourth-order valence-electron chi connectivity index (χ4n) is 2.72. The number of phenolic OH excluding ortho intramolecular Hbond substituents is 1. The van der Waals surface area contributed by atoms with Crippen LogP contribution in [-0.2, 0) is 0 Å². The number of rotatable bonds is 8. The predicted octanol–water partition coefficient (Wildman–Crippen LogP) is 5.80. The Morgan fingerprint density at radius 2 is 1.85 bits per heavy atom. The van der Waals surface area contributed by atoms with Crippen molar-refractivity contribution in [3.05, 3.63) is 59.7 Å². The maximum atomic E-state index is 13.7. The topological polar surface area (TPSA) is 90.4 Å². The van der Waals surface area contributed by atoms with Crippen molar-refractivity contribution in [3.63, 3.8) is 0 Å². The molecule has 1 unspecified atom stereocenters. The summed E-state index contributed by atoms with van der Waals surface area (Å²) in [5, 5.41) is 16.8. The summed E-state index contributed by atoms with van der Waals surface area (Å²) >= 11 is 0.960. The Morgan fingerprint density at radius 1 is 1.18 bits per heavy atom. The second-order valence-corrected chi connectivity index (χ2v) is 9.04. The van der Waals surface area contributed by atoms with Gasteiger partial charge in [-0.2, -0.15) is 8.75 Å². The molecule has 0 aliphatic carbocycles. The van der Waals surface area contributed by atoms with Gasteiger partial charge in [-0.25, -0.2) is 8.78 Å². The first-order valence-electron chi connectivity index (χ1n) is 10.2. The summed E-state index contributed by atoms with van der Waals surface area (Å²) in [4.78, 5) is 13.7. The average molecular weight is 478 g/mol. The Hall–Kier alpha value is -3.27. The quantitative estimate of drug-likeness (QED) is 0.329. The molecule has 2 aromatic rings. The van der Waals surface area contributed by atoms with Gasteiger partial charge in [-0.3, -0.25) is 4.79 Å². The molecule has 10 heteroatoms. The molecular weight excluding hydrogens is 448 g/mol. The van der Waals surface area contributed by atoms with Gasteiger partial charge >= 0.3 is 0 Å². The van der Waals surface area contributed by atoms with Gasteiger partial charge in [0.05, 0.1) is 29.0 Å². The fourth-order valence-corrected chi connectivity index (χ4v) is 3.20. The van der Waals surface area contributed by atoms with Crippen LogP contribution in [0.2, 0.25) is 0 Å². The van der Waals surface area contributed by atoms with Crippen molar-refractivity contribution >= 4 is 35.0 Å². The van der Waals surface area contributed by atoms with E-state index in [4.69, 9.17) is 0 Å². The van der Waals surface area contributed by atoms with E-state index < -0.39 is 11.7 Å². The minimum absolute atomic E-state index is 0.153. The van der Waals surface area contributed by atoms with E-state index >= 15 is 0 Å². The summed E-state index contributed by atoms with van der Waals surface area (Å²) in [6.07, 6.45) is 5.25. The van der Waals surface area contributed by atoms with E-state index in [-0.39, 0.29) is 28.7 Å². The number of nitrogens with one attached hydrogen (secondary N) is 2. The molecule has 7 nitrogen and oxygen atoms in total. The van der Waals surface area contributed by atoms with Crippen molar-refractivity contribution in [3.8, 4) is 5.75 Å². The number of phenols is 1. The van der Waals surface area contributed by atoms with Gasteiger partial charge in [0.15, 0.2) is 29.0 Å². The molecule has 3 N–H and O–H groups in total. The molecule has 0 saturated carbocycles. The highest BCUT2D eigenvalue weighted by Crippen LogP contribution is 2.34. The summed E-state index contributed by atoms with van der Waals surface area (Å²) < 4.78 is 35.5.